The zero-order valence-corrected chi connectivity index (χ0v) is 14.2. The smallest absolute Gasteiger partial charge is 0.317 e. The molecule has 1 fully saturated rings. The summed E-state index contributed by atoms with van der Waals surface area (Å²) >= 11 is 0. The normalized spacial score (nSPS) is 16.8. The summed E-state index contributed by atoms with van der Waals surface area (Å²) in [7, 11) is 3.92. The largest absolute Gasteiger partial charge is 0.480 e. The summed E-state index contributed by atoms with van der Waals surface area (Å²) in [5.41, 5.74) is 0.288. The monoisotopic (exact) mass is 325 g/mol. The van der Waals surface area contributed by atoms with Crippen molar-refractivity contribution in [2.45, 2.75) is 32.1 Å². The zero-order valence-electron chi connectivity index (χ0n) is 14.2. The first-order valence-corrected chi connectivity index (χ1v) is 8.45. The Balaban J connectivity index is 2.17. The molecule has 0 aliphatic heterocycles. The topological polar surface area (TPSA) is 57.6 Å². The lowest BCUT2D eigenvalue weighted by molar-refractivity contribution is -0.147. The van der Waals surface area contributed by atoms with E-state index in [1.807, 2.05) is 49.3 Å². The predicted molar refractivity (Wildman–Crippen MR) is 95.8 cm³/mol. The van der Waals surface area contributed by atoms with Crippen LogP contribution in [0.4, 0.5) is 5.69 Å². The Morgan fingerprint density at radius 2 is 1.58 bits per heavy atom. The number of nitrogens with zero attached hydrogens (tertiary/aromatic N) is 1. The molecule has 1 aliphatic rings. The van der Waals surface area contributed by atoms with Crippen LogP contribution in [-0.2, 0) is 4.79 Å². The van der Waals surface area contributed by atoms with Crippen LogP contribution in [0.2, 0.25) is 0 Å². The third-order valence-corrected chi connectivity index (χ3v) is 5.18. The van der Waals surface area contributed by atoms with E-state index in [9.17, 15) is 14.7 Å². The summed E-state index contributed by atoms with van der Waals surface area (Å²) in [5, 5.41) is 11.6. The van der Waals surface area contributed by atoms with Gasteiger partial charge in [-0.25, -0.2) is 0 Å². The summed E-state index contributed by atoms with van der Waals surface area (Å²) < 4.78 is 0. The molecule has 126 valence electrons. The third-order valence-electron chi connectivity index (χ3n) is 5.18. The fourth-order valence-corrected chi connectivity index (χ4v) is 3.82. The van der Waals surface area contributed by atoms with E-state index in [0.717, 1.165) is 35.7 Å². The summed E-state index contributed by atoms with van der Waals surface area (Å²) in [5.74, 6) is -1.22. The van der Waals surface area contributed by atoms with Crippen molar-refractivity contribution in [1.82, 2.24) is 0 Å². The van der Waals surface area contributed by atoms with Crippen molar-refractivity contribution in [2.75, 3.05) is 19.0 Å². The van der Waals surface area contributed by atoms with Crippen LogP contribution < -0.4 is 4.90 Å². The molecule has 0 unspecified atom stereocenters. The third kappa shape index (κ3) is 2.56. The quantitative estimate of drug-likeness (QED) is 0.678. The van der Waals surface area contributed by atoms with Crippen LogP contribution in [0.25, 0.3) is 10.8 Å². The lowest BCUT2D eigenvalue weighted by atomic mass is 9.69. The van der Waals surface area contributed by atoms with Crippen molar-refractivity contribution in [3.63, 3.8) is 0 Å². The number of hydrogen-bond acceptors (Lipinski definition) is 3. The van der Waals surface area contributed by atoms with Gasteiger partial charge in [-0.2, -0.15) is 0 Å². The highest BCUT2D eigenvalue weighted by Gasteiger charge is 2.47. The number of aliphatic carboxylic acids is 1. The number of ketones is 1. The standard InChI is InChI=1S/C20H23NO3/c1-21(2)17-11-10-16(14-8-4-5-9-15(14)17)18(22)20(19(23)24)12-6-3-7-13-20/h4-5,8-11H,3,6-7,12-13H2,1-2H3,(H,23,24). The minimum Gasteiger partial charge on any atom is -0.480 e. The molecule has 1 saturated carbocycles. The average molecular weight is 325 g/mol. The summed E-state index contributed by atoms with van der Waals surface area (Å²) in [4.78, 5) is 27.2. The number of hydrogen-bond donors (Lipinski definition) is 1. The molecule has 0 heterocycles. The van der Waals surface area contributed by atoms with E-state index >= 15 is 0 Å². The summed E-state index contributed by atoms with van der Waals surface area (Å²) in [6, 6.07) is 11.4. The van der Waals surface area contributed by atoms with E-state index in [1.54, 1.807) is 6.07 Å². The molecular weight excluding hydrogens is 302 g/mol. The average Bonchev–Trinajstić information content (AvgIpc) is 2.60. The van der Waals surface area contributed by atoms with Crippen LogP contribution in [0.15, 0.2) is 36.4 Å². The van der Waals surface area contributed by atoms with E-state index in [2.05, 4.69) is 0 Å². The SMILES string of the molecule is CN(C)c1ccc(C(=O)C2(C(=O)O)CCCCC2)c2ccccc12. The van der Waals surface area contributed by atoms with Gasteiger partial charge in [-0.05, 0) is 30.4 Å². The number of rotatable bonds is 4. The lowest BCUT2D eigenvalue weighted by Gasteiger charge is -2.32. The first kappa shape index (κ1) is 16.5. The molecule has 0 atom stereocenters. The molecule has 4 heteroatoms. The Morgan fingerprint density at radius 3 is 2.17 bits per heavy atom. The lowest BCUT2D eigenvalue weighted by Crippen LogP contribution is -2.41. The van der Waals surface area contributed by atoms with Gasteiger partial charge in [-0.1, -0.05) is 43.5 Å². The number of carbonyl (C=O) groups excluding carboxylic acids is 1. The van der Waals surface area contributed by atoms with E-state index < -0.39 is 11.4 Å². The summed E-state index contributed by atoms with van der Waals surface area (Å²) in [6.07, 6.45) is 3.47. The maximum absolute atomic E-state index is 13.3. The van der Waals surface area contributed by atoms with Crippen molar-refractivity contribution in [1.29, 1.82) is 0 Å². The fourth-order valence-electron chi connectivity index (χ4n) is 3.82. The van der Waals surface area contributed by atoms with Gasteiger partial charge in [0, 0.05) is 30.7 Å². The minimum atomic E-state index is -1.26. The Hall–Kier alpha value is -2.36. The molecule has 1 aliphatic carbocycles. The van der Waals surface area contributed by atoms with Crippen molar-refractivity contribution >= 4 is 28.2 Å². The molecule has 24 heavy (non-hydrogen) atoms. The Kier molecular flexibility index (Phi) is 4.31. The van der Waals surface area contributed by atoms with Crippen LogP contribution >= 0.6 is 0 Å². The van der Waals surface area contributed by atoms with Crippen LogP contribution in [0, 0.1) is 5.41 Å². The zero-order chi connectivity index (χ0) is 17.3. The molecule has 3 rings (SSSR count). The van der Waals surface area contributed by atoms with Crippen molar-refractivity contribution in [3.05, 3.63) is 42.0 Å². The van der Waals surface area contributed by atoms with Gasteiger partial charge in [0.1, 0.15) is 5.41 Å². The van der Waals surface area contributed by atoms with Crippen LogP contribution in [0.5, 0.6) is 0 Å². The first-order valence-electron chi connectivity index (χ1n) is 8.45. The number of carboxylic acid groups (broad SMARTS) is 1. The number of Topliss-reactive ketones (excluding diaryl/α,β-unsaturated/α-hetero) is 1. The molecule has 1 N–H and O–H groups in total. The Morgan fingerprint density at radius 1 is 0.958 bits per heavy atom. The highest BCUT2D eigenvalue weighted by atomic mass is 16.4. The van der Waals surface area contributed by atoms with E-state index in [-0.39, 0.29) is 5.78 Å². The van der Waals surface area contributed by atoms with Crippen molar-refractivity contribution in [2.24, 2.45) is 5.41 Å². The van der Waals surface area contributed by atoms with Gasteiger partial charge in [0.25, 0.3) is 0 Å². The second-order valence-corrected chi connectivity index (χ2v) is 6.85. The molecule has 2 aromatic rings. The number of carboxylic acids is 1. The van der Waals surface area contributed by atoms with Crippen LogP contribution in [0.3, 0.4) is 0 Å². The number of benzene rings is 2. The van der Waals surface area contributed by atoms with Crippen LogP contribution in [-0.4, -0.2) is 31.0 Å². The molecule has 0 amide bonds. The maximum atomic E-state index is 13.3. The number of anilines is 1. The van der Waals surface area contributed by atoms with Gasteiger partial charge in [0.05, 0.1) is 0 Å². The second-order valence-electron chi connectivity index (χ2n) is 6.85. The molecule has 2 aromatic carbocycles. The van der Waals surface area contributed by atoms with Gasteiger partial charge >= 0.3 is 5.97 Å². The van der Waals surface area contributed by atoms with Crippen molar-refractivity contribution in [3.8, 4) is 0 Å². The summed E-state index contributed by atoms with van der Waals surface area (Å²) in [6.45, 7) is 0. The molecule has 0 bridgehead atoms. The molecule has 4 nitrogen and oxygen atoms in total. The van der Waals surface area contributed by atoms with Gasteiger partial charge in [-0.3, -0.25) is 9.59 Å². The van der Waals surface area contributed by atoms with Crippen LogP contribution in [0.1, 0.15) is 42.5 Å². The molecule has 0 spiro atoms. The minimum absolute atomic E-state index is 0.240. The van der Waals surface area contributed by atoms with E-state index in [1.165, 1.54) is 0 Å². The second kappa shape index (κ2) is 6.27. The van der Waals surface area contributed by atoms with Gasteiger partial charge in [0.2, 0.25) is 0 Å². The highest BCUT2D eigenvalue weighted by molar-refractivity contribution is 6.19. The Bertz CT molecular complexity index is 789. The van der Waals surface area contributed by atoms with E-state index in [0.29, 0.717) is 18.4 Å². The number of fused-ring (bicyclic) bond motifs is 1. The van der Waals surface area contributed by atoms with Gasteiger partial charge in [-0.15, -0.1) is 0 Å². The molecular formula is C20H23NO3. The fraction of sp³-hybridized carbons (Fsp3) is 0.400. The van der Waals surface area contributed by atoms with Gasteiger partial charge < -0.3 is 10.0 Å². The maximum Gasteiger partial charge on any atom is 0.317 e. The van der Waals surface area contributed by atoms with E-state index in [4.69, 9.17) is 0 Å². The first-order chi connectivity index (χ1) is 11.5. The molecule has 0 saturated heterocycles. The predicted octanol–water partition coefficient (Wildman–Crippen LogP) is 4.12. The molecule has 0 radical (unpaired) electrons. The molecule has 0 aromatic heterocycles. The van der Waals surface area contributed by atoms with Gasteiger partial charge in [0.15, 0.2) is 5.78 Å². The number of carbonyl (C=O) groups is 2. The Labute approximate surface area is 142 Å². The van der Waals surface area contributed by atoms with Crippen molar-refractivity contribution < 1.29 is 14.7 Å². The highest BCUT2D eigenvalue weighted by Crippen LogP contribution is 2.41.